The van der Waals surface area contributed by atoms with Crippen molar-refractivity contribution in [2.24, 2.45) is 0 Å². The van der Waals surface area contributed by atoms with E-state index in [0.29, 0.717) is 6.54 Å². The van der Waals surface area contributed by atoms with E-state index < -0.39 is 6.10 Å². The SMILES string of the molecule is COC(C(=O)NCC1CCC2(CCN(Cc3ccccc3)CC2)O1)c1ccccc1. The largest absolute Gasteiger partial charge is 0.370 e. The molecular weight excluding hydrogens is 376 g/mol. The molecule has 2 aromatic carbocycles. The Labute approximate surface area is 179 Å². The van der Waals surface area contributed by atoms with E-state index in [0.717, 1.165) is 50.9 Å². The number of carbonyl (C=O) groups excluding carboxylic acids is 1. The van der Waals surface area contributed by atoms with Crippen LogP contribution >= 0.6 is 0 Å². The van der Waals surface area contributed by atoms with Crippen LogP contribution in [0.15, 0.2) is 60.7 Å². The molecule has 30 heavy (non-hydrogen) atoms. The monoisotopic (exact) mass is 408 g/mol. The van der Waals surface area contributed by atoms with Crippen LogP contribution in [-0.4, -0.2) is 49.3 Å². The van der Waals surface area contributed by atoms with Crippen LogP contribution in [0.1, 0.15) is 42.9 Å². The molecule has 1 amide bonds. The number of likely N-dealkylation sites (tertiary alicyclic amines) is 1. The Bertz CT molecular complexity index is 804. The summed E-state index contributed by atoms with van der Waals surface area (Å²) in [5, 5.41) is 3.04. The van der Waals surface area contributed by atoms with E-state index >= 15 is 0 Å². The van der Waals surface area contributed by atoms with Gasteiger partial charge in [-0.25, -0.2) is 0 Å². The molecule has 2 unspecified atom stereocenters. The average molecular weight is 409 g/mol. The van der Waals surface area contributed by atoms with Crippen LogP contribution in [0.4, 0.5) is 0 Å². The highest BCUT2D eigenvalue weighted by atomic mass is 16.5. The average Bonchev–Trinajstić information content (AvgIpc) is 3.19. The molecule has 2 aliphatic heterocycles. The molecule has 0 saturated carbocycles. The highest BCUT2D eigenvalue weighted by Crippen LogP contribution is 2.39. The molecule has 2 aliphatic rings. The number of hydrogen-bond acceptors (Lipinski definition) is 4. The third-order valence-electron chi connectivity index (χ3n) is 6.44. The summed E-state index contributed by atoms with van der Waals surface area (Å²) in [5.74, 6) is -0.106. The summed E-state index contributed by atoms with van der Waals surface area (Å²) in [7, 11) is 1.57. The maximum Gasteiger partial charge on any atom is 0.253 e. The van der Waals surface area contributed by atoms with Crippen molar-refractivity contribution >= 4 is 5.91 Å². The van der Waals surface area contributed by atoms with E-state index in [9.17, 15) is 4.79 Å². The van der Waals surface area contributed by atoms with E-state index in [1.807, 2.05) is 30.3 Å². The number of carbonyl (C=O) groups is 1. The van der Waals surface area contributed by atoms with Gasteiger partial charge in [0, 0.05) is 33.3 Å². The third-order valence-corrected chi connectivity index (χ3v) is 6.44. The summed E-state index contributed by atoms with van der Waals surface area (Å²) in [5.41, 5.74) is 2.22. The van der Waals surface area contributed by atoms with Gasteiger partial charge in [-0.15, -0.1) is 0 Å². The van der Waals surface area contributed by atoms with Gasteiger partial charge in [0.25, 0.3) is 5.91 Å². The first-order chi connectivity index (χ1) is 14.7. The quantitative estimate of drug-likeness (QED) is 0.759. The number of rotatable bonds is 7. The van der Waals surface area contributed by atoms with Gasteiger partial charge in [-0.1, -0.05) is 60.7 Å². The highest BCUT2D eigenvalue weighted by Gasteiger charge is 2.42. The second-order valence-electron chi connectivity index (χ2n) is 8.49. The van der Waals surface area contributed by atoms with Crippen molar-refractivity contribution in [3.8, 4) is 0 Å². The Kier molecular flexibility index (Phi) is 6.82. The smallest absolute Gasteiger partial charge is 0.253 e. The predicted molar refractivity (Wildman–Crippen MR) is 117 cm³/mol. The lowest BCUT2D eigenvalue weighted by Crippen LogP contribution is -2.45. The topological polar surface area (TPSA) is 50.8 Å². The van der Waals surface area contributed by atoms with Gasteiger partial charge in [0.1, 0.15) is 0 Å². The lowest BCUT2D eigenvalue weighted by atomic mass is 9.88. The van der Waals surface area contributed by atoms with Gasteiger partial charge in [0.05, 0.1) is 11.7 Å². The molecule has 2 fully saturated rings. The van der Waals surface area contributed by atoms with Gasteiger partial charge in [0.2, 0.25) is 0 Å². The number of nitrogens with zero attached hydrogens (tertiary/aromatic N) is 1. The minimum atomic E-state index is -0.581. The summed E-state index contributed by atoms with van der Waals surface area (Å²) in [4.78, 5) is 15.1. The minimum Gasteiger partial charge on any atom is -0.370 e. The second-order valence-corrected chi connectivity index (χ2v) is 8.49. The van der Waals surface area contributed by atoms with Gasteiger partial charge in [-0.05, 0) is 36.8 Å². The number of benzene rings is 2. The summed E-state index contributed by atoms with van der Waals surface area (Å²) >= 11 is 0. The fraction of sp³-hybridized carbons (Fsp3) is 0.480. The van der Waals surface area contributed by atoms with Crippen LogP contribution in [0, 0.1) is 0 Å². The molecule has 2 saturated heterocycles. The Balaban J connectivity index is 1.23. The summed E-state index contributed by atoms with van der Waals surface area (Å²) in [6.07, 6.45) is 3.72. The lowest BCUT2D eigenvalue weighted by Gasteiger charge is -2.39. The first kappa shape index (κ1) is 21.0. The second kappa shape index (κ2) is 9.73. The summed E-state index contributed by atoms with van der Waals surface area (Å²) in [6, 6.07) is 20.3. The normalized spacial score (nSPS) is 22.1. The lowest BCUT2D eigenvalue weighted by molar-refractivity contribution is -0.133. The number of hydrogen-bond donors (Lipinski definition) is 1. The van der Waals surface area contributed by atoms with E-state index in [4.69, 9.17) is 9.47 Å². The van der Waals surface area contributed by atoms with Crippen molar-refractivity contribution in [2.45, 2.75) is 50.0 Å². The minimum absolute atomic E-state index is 0.0112. The number of methoxy groups -OCH3 is 1. The zero-order valence-corrected chi connectivity index (χ0v) is 17.8. The van der Waals surface area contributed by atoms with Gasteiger partial charge >= 0.3 is 0 Å². The molecule has 160 valence electrons. The fourth-order valence-corrected chi connectivity index (χ4v) is 4.70. The van der Waals surface area contributed by atoms with E-state index in [1.165, 1.54) is 5.56 Å². The third kappa shape index (κ3) is 5.09. The molecule has 0 radical (unpaired) electrons. The van der Waals surface area contributed by atoms with Crippen molar-refractivity contribution < 1.29 is 14.3 Å². The molecular formula is C25H32N2O3. The molecule has 1 spiro atoms. The summed E-state index contributed by atoms with van der Waals surface area (Å²) in [6.45, 7) is 3.68. The standard InChI is InChI=1S/C25H32N2O3/c1-29-23(21-10-6-3-7-11-21)24(28)26-18-22-12-13-25(30-22)14-16-27(17-15-25)19-20-8-4-2-5-9-20/h2-11,22-23H,12-19H2,1H3,(H,26,28). The van der Waals surface area contributed by atoms with Crippen LogP contribution in [0.2, 0.25) is 0 Å². The van der Waals surface area contributed by atoms with Crippen molar-refractivity contribution in [3.63, 3.8) is 0 Å². The Morgan fingerprint density at radius 1 is 1.10 bits per heavy atom. The van der Waals surface area contributed by atoms with Gasteiger partial charge in [0.15, 0.2) is 6.10 Å². The molecule has 2 heterocycles. The van der Waals surface area contributed by atoms with E-state index in [-0.39, 0.29) is 17.6 Å². The van der Waals surface area contributed by atoms with Gasteiger partial charge in [-0.2, -0.15) is 0 Å². The molecule has 1 N–H and O–H groups in total. The number of ether oxygens (including phenoxy) is 2. The van der Waals surface area contributed by atoms with Crippen LogP contribution in [0.5, 0.6) is 0 Å². The van der Waals surface area contributed by atoms with Crippen molar-refractivity contribution in [2.75, 3.05) is 26.7 Å². The zero-order chi connectivity index (χ0) is 20.8. The fourth-order valence-electron chi connectivity index (χ4n) is 4.70. The number of nitrogens with one attached hydrogen (secondary N) is 1. The number of piperidine rings is 1. The first-order valence-electron chi connectivity index (χ1n) is 11.0. The highest BCUT2D eigenvalue weighted by molar-refractivity contribution is 5.82. The molecule has 4 rings (SSSR count). The van der Waals surface area contributed by atoms with Crippen LogP contribution in [-0.2, 0) is 20.8 Å². The maximum atomic E-state index is 12.6. The summed E-state index contributed by atoms with van der Waals surface area (Å²) < 4.78 is 11.9. The van der Waals surface area contributed by atoms with Crippen molar-refractivity contribution in [3.05, 3.63) is 71.8 Å². The Hall–Kier alpha value is -2.21. The molecule has 2 aromatic rings. The first-order valence-corrected chi connectivity index (χ1v) is 11.0. The molecule has 5 nitrogen and oxygen atoms in total. The number of amides is 1. The van der Waals surface area contributed by atoms with Crippen LogP contribution in [0.25, 0.3) is 0 Å². The van der Waals surface area contributed by atoms with Crippen LogP contribution < -0.4 is 5.32 Å². The molecule has 0 bridgehead atoms. The zero-order valence-electron chi connectivity index (χ0n) is 17.8. The maximum absolute atomic E-state index is 12.6. The van der Waals surface area contributed by atoms with Gasteiger partial charge in [-0.3, -0.25) is 9.69 Å². The van der Waals surface area contributed by atoms with Gasteiger partial charge < -0.3 is 14.8 Å². The predicted octanol–water partition coefficient (Wildman–Crippen LogP) is 3.70. The Morgan fingerprint density at radius 2 is 1.77 bits per heavy atom. The molecule has 2 atom stereocenters. The molecule has 0 aromatic heterocycles. The van der Waals surface area contributed by atoms with E-state index in [2.05, 4.69) is 40.5 Å². The molecule has 0 aliphatic carbocycles. The van der Waals surface area contributed by atoms with Crippen molar-refractivity contribution in [1.82, 2.24) is 10.2 Å². The van der Waals surface area contributed by atoms with Crippen LogP contribution in [0.3, 0.4) is 0 Å². The van der Waals surface area contributed by atoms with E-state index in [1.54, 1.807) is 7.11 Å². The van der Waals surface area contributed by atoms with Crippen molar-refractivity contribution in [1.29, 1.82) is 0 Å². The molecule has 5 heteroatoms. The Morgan fingerprint density at radius 3 is 2.43 bits per heavy atom.